The van der Waals surface area contributed by atoms with Gasteiger partial charge in [0.15, 0.2) is 0 Å². The highest BCUT2D eigenvalue weighted by atomic mass is 19.1. The first-order chi connectivity index (χ1) is 11.4. The summed E-state index contributed by atoms with van der Waals surface area (Å²) in [6.45, 7) is 3.83. The third-order valence-electron chi connectivity index (χ3n) is 5.03. The number of imide groups is 1. The zero-order valence-corrected chi connectivity index (χ0v) is 13.9. The zero-order valence-electron chi connectivity index (χ0n) is 13.9. The molecule has 0 spiro atoms. The van der Waals surface area contributed by atoms with E-state index in [0.29, 0.717) is 18.8 Å². The number of hydrogen-bond donors (Lipinski definition) is 2. The summed E-state index contributed by atoms with van der Waals surface area (Å²) in [5.41, 5.74) is -0.106. The van der Waals surface area contributed by atoms with Gasteiger partial charge in [0, 0.05) is 24.6 Å². The van der Waals surface area contributed by atoms with Gasteiger partial charge in [-0.25, -0.2) is 9.18 Å². The maximum Gasteiger partial charge on any atom is 0.322 e. The number of halogens is 1. The summed E-state index contributed by atoms with van der Waals surface area (Å²) in [4.78, 5) is 25.8. The molecule has 3 amide bonds. The van der Waals surface area contributed by atoms with Gasteiger partial charge in [0.1, 0.15) is 17.1 Å². The summed E-state index contributed by atoms with van der Waals surface area (Å²) in [5.74, 6) is 0.0883. The second-order valence-electron chi connectivity index (χ2n) is 6.64. The fourth-order valence-electron chi connectivity index (χ4n) is 3.63. The Labute approximate surface area is 140 Å². The molecular formula is C17H22FN3O3. The Balaban J connectivity index is 1.74. The van der Waals surface area contributed by atoms with Crippen molar-refractivity contribution in [2.24, 2.45) is 5.92 Å². The summed E-state index contributed by atoms with van der Waals surface area (Å²) in [6, 6.07) is 4.04. The Morgan fingerprint density at radius 3 is 2.88 bits per heavy atom. The number of likely N-dealkylation sites (tertiary alicyclic amines) is 1. The quantitative estimate of drug-likeness (QED) is 0.821. The van der Waals surface area contributed by atoms with E-state index in [2.05, 4.69) is 15.5 Å². The third-order valence-corrected chi connectivity index (χ3v) is 5.03. The Hall–Kier alpha value is -2.15. The number of methoxy groups -OCH3 is 1. The van der Waals surface area contributed by atoms with Crippen LogP contribution in [0, 0.1) is 11.7 Å². The van der Waals surface area contributed by atoms with E-state index in [1.54, 1.807) is 20.1 Å². The summed E-state index contributed by atoms with van der Waals surface area (Å²) in [6.07, 6.45) is 1.78. The van der Waals surface area contributed by atoms with E-state index in [0.717, 1.165) is 24.9 Å². The topological polar surface area (TPSA) is 70.7 Å². The van der Waals surface area contributed by atoms with Gasteiger partial charge >= 0.3 is 6.03 Å². The predicted octanol–water partition coefficient (Wildman–Crippen LogP) is 1.64. The molecule has 2 atom stereocenters. The molecule has 1 aromatic rings. The van der Waals surface area contributed by atoms with Crippen LogP contribution in [0.25, 0.3) is 0 Å². The first-order valence-electron chi connectivity index (χ1n) is 8.11. The normalized spacial score (nSPS) is 27.7. The SMILES string of the molecule is COc1ccc(F)cc1CN1CCC[C@H]([C@]2(C)NC(=O)NC2=O)C1. The van der Waals surface area contributed by atoms with Crippen molar-refractivity contribution in [3.63, 3.8) is 0 Å². The molecule has 2 aliphatic rings. The van der Waals surface area contributed by atoms with Crippen LogP contribution in [-0.4, -0.2) is 42.6 Å². The third kappa shape index (κ3) is 3.08. The highest BCUT2D eigenvalue weighted by Crippen LogP contribution is 2.31. The van der Waals surface area contributed by atoms with Crippen molar-refractivity contribution in [1.82, 2.24) is 15.5 Å². The highest BCUT2D eigenvalue weighted by Gasteiger charge is 2.48. The lowest BCUT2D eigenvalue weighted by Gasteiger charge is -2.39. The van der Waals surface area contributed by atoms with Gasteiger partial charge in [-0.3, -0.25) is 15.0 Å². The van der Waals surface area contributed by atoms with Crippen LogP contribution in [0.4, 0.5) is 9.18 Å². The summed E-state index contributed by atoms with van der Waals surface area (Å²) in [7, 11) is 1.56. The first kappa shape index (κ1) is 16.7. The molecule has 2 fully saturated rings. The van der Waals surface area contributed by atoms with Gasteiger partial charge < -0.3 is 10.1 Å². The van der Waals surface area contributed by atoms with Gasteiger partial charge in [-0.05, 0) is 44.5 Å². The maximum absolute atomic E-state index is 13.5. The molecule has 130 valence electrons. The minimum Gasteiger partial charge on any atom is -0.496 e. The van der Waals surface area contributed by atoms with E-state index in [4.69, 9.17) is 4.74 Å². The van der Waals surface area contributed by atoms with Crippen molar-refractivity contribution in [1.29, 1.82) is 0 Å². The predicted molar refractivity (Wildman–Crippen MR) is 86.0 cm³/mol. The minimum atomic E-state index is -0.887. The van der Waals surface area contributed by atoms with Gasteiger partial charge in [0.25, 0.3) is 5.91 Å². The van der Waals surface area contributed by atoms with E-state index in [1.807, 2.05) is 0 Å². The van der Waals surface area contributed by atoms with Crippen LogP contribution in [0.1, 0.15) is 25.3 Å². The standard InChI is InChI=1S/C17H22FN3O3/c1-17(15(22)19-16(23)20-17)12-4-3-7-21(10-12)9-11-8-13(18)5-6-14(11)24-2/h5-6,8,12H,3-4,7,9-10H2,1-2H3,(H2,19,20,22,23)/t12-,17-/m0/s1. The number of benzene rings is 1. The molecule has 0 unspecified atom stereocenters. The average Bonchev–Trinajstić information content (AvgIpc) is 2.81. The first-order valence-corrected chi connectivity index (χ1v) is 8.11. The largest absolute Gasteiger partial charge is 0.496 e. The summed E-state index contributed by atoms with van der Waals surface area (Å²) in [5, 5.41) is 5.07. The molecule has 7 heteroatoms. The van der Waals surface area contributed by atoms with Gasteiger partial charge in [-0.2, -0.15) is 0 Å². The van der Waals surface area contributed by atoms with Gasteiger partial charge in [-0.15, -0.1) is 0 Å². The Morgan fingerprint density at radius 2 is 2.21 bits per heavy atom. The lowest BCUT2D eigenvalue weighted by molar-refractivity contribution is -0.126. The van der Waals surface area contributed by atoms with E-state index in [-0.39, 0.29) is 17.6 Å². The van der Waals surface area contributed by atoms with Crippen molar-refractivity contribution < 1.29 is 18.7 Å². The number of amides is 3. The lowest BCUT2D eigenvalue weighted by Crippen LogP contribution is -2.55. The number of urea groups is 1. The molecule has 0 aromatic heterocycles. The lowest BCUT2D eigenvalue weighted by atomic mass is 9.80. The van der Waals surface area contributed by atoms with Crippen molar-refractivity contribution >= 4 is 11.9 Å². The van der Waals surface area contributed by atoms with Crippen molar-refractivity contribution in [2.75, 3.05) is 20.2 Å². The number of rotatable bonds is 4. The second kappa shape index (κ2) is 6.39. The van der Waals surface area contributed by atoms with Crippen LogP contribution >= 0.6 is 0 Å². The monoisotopic (exact) mass is 335 g/mol. The average molecular weight is 335 g/mol. The second-order valence-corrected chi connectivity index (χ2v) is 6.64. The molecule has 2 saturated heterocycles. The smallest absolute Gasteiger partial charge is 0.322 e. The zero-order chi connectivity index (χ0) is 17.3. The molecule has 0 aliphatic carbocycles. The summed E-state index contributed by atoms with van der Waals surface area (Å²) < 4.78 is 18.8. The van der Waals surface area contributed by atoms with Crippen molar-refractivity contribution in [3.8, 4) is 5.75 Å². The number of carbonyl (C=O) groups excluding carboxylic acids is 2. The number of nitrogens with one attached hydrogen (secondary N) is 2. The van der Waals surface area contributed by atoms with Crippen LogP contribution in [0.5, 0.6) is 5.75 Å². The molecule has 6 nitrogen and oxygen atoms in total. The fourth-order valence-corrected chi connectivity index (χ4v) is 3.63. The molecule has 2 N–H and O–H groups in total. The molecule has 0 bridgehead atoms. The van der Waals surface area contributed by atoms with Crippen LogP contribution < -0.4 is 15.4 Å². The number of hydrogen-bond acceptors (Lipinski definition) is 4. The molecule has 1 aromatic carbocycles. The molecule has 24 heavy (non-hydrogen) atoms. The van der Waals surface area contributed by atoms with E-state index in [1.165, 1.54) is 12.1 Å². The Kier molecular flexibility index (Phi) is 4.45. The number of carbonyl (C=O) groups is 2. The van der Waals surface area contributed by atoms with Gasteiger partial charge in [0.2, 0.25) is 0 Å². The Morgan fingerprint density at radius 1 is 1.42 bits per heavy atom. The Bertz CT molecular complexity index is 666. The molecule has 3 rings (SSSR count). The van der Waals surface area contributed by atoms with E-state index in [9.17, 15) is 14.0 Å². The number of nitrogens with zero attached hydrogens (tertiary/aromatic N) is 1. The number of piperidine rings is 1. The van der Waals surface area contributed by atoms with Gasteiger partial charge in [-0.1, -0.05) is 0 Å². The molecule has 0 radical (unpaired) electrons. The maximum atomic E-state index is 13.5. The van der Waals surface area contributed by atoms with E-state index >= 15 is 0 Å². The van der Waals surface area contributed by atoms with Crippen LogP contribution in [-0.2, 0) is 11.3 Å². The van der Waals surface area contributed by atoms with Crippen molar-refractivity contribution in [3.05, 3.63) is 29.6 Å². The molecule has 2 heterocycles. The van der Waals surface area contributed by atoms with Crippen LogP contribution in [0.15, 0.2) is 18.2 Å². The van der Waals surface area contributed by atoms with Crippen LogP contribution in [0.2, 0.25) is 0 Å². The van der Waals surface area contributed by atoms with Crippen molar-refractivity contribution in [2.45, 2.75) is 31.8 Å². The summed E-state index contributed by atoms with van der Waals surface area (Å²) >= 11 is 0. The number of ether oxygens (including phenoxy) is 1. The molecule has 2 aliphatic heterocycles. The fraction of sp³-hybridized carbons (Fsp3) is 0.529. The molecular weight excluding hydrogens is 313 g/mol. The minimum absolute atomic E-state index is 0.0113. The van der Waals surface area contributed by atoms with Crippen LogP contribution in [0.3, 0.4) is 0 Å². The van der Waals surface area contributed by atoms with Gasteiger partial charge in [0.05, 0.1) is 7.11 Å². The molecule has 0 saturated carbocycles. The highest BCUT2D eigenvalue weighted by molar-refractivity contribution is 6.06. The van der Waals surface area contributed by atoms with E-state index < -0.39 is 11.6 Å².